The Balaban J connectivity index is 1.41. The van der Waals surface area contributed by atoms with Crippen molar-refractivity contribution >= 4 is 17.6 Å². The van der Waals surface area contributed by atoms with Crippen LogP contribution in [0.4, 0.5) is 19.3 Å². The van der Waals surface area contributed by atoms with E-state index < -0.39 is 42.5 Å². The van der Waals surface area contributed by atoms with Gasteiger partial charge in [-0.1, -0.05) is 12.2 Å². The number of hydrogen-bond donors (Lipinski definition) is 4. The first-order chi connectivity index (χ1) is 15.9. The Bertz CT molecular complexity index is 835. The summed E-state index contributed by atoms with van der Waals surface area (Å²) in [5.74, 6) is -1.64. The molecule has 0 aromatic heterocycles. The molecule has 33 heavy (non-hydrogen) atoms. The predicted molar refractivity (Wildman–Crippen MR) is 117 cm³/mol. The summed E-state index contributed by atoms with van der Waals surface area (Å²) in [5.41, 5.74) is -0.308. The number of benzene rings is 1. The number of urea groups is 1. The molecule has 0 unspecified atom stereocenters. The van der Waals surface area contributed by atoms with Crippen molar-refractivity contribution in [2.75, 3.05) is 51.3 Å². The van der Waals surface area contributed by atoms with Gasteiger partial charge in [-0.15, -0.1) is 0 Å². The summed E-state index contributed by atoms with van der Waals surface area (Å²) in [4.78, 5) is 26.7. The summed E-state index contributed by atoms with van der Waals surface area (Å²) in [6, 6.07) is 1.22. The average molecular weight is 469 g/mol. The highest BCUT2D eigenvalue weighted by atomic mass is 19.1. The van der Waals surface area contributed by atoms with Crippen molar-refractivity contribution in [1.29, 1.82) is 0 Å². The third kappa shape index (κ3) is 8.04. The van der Waals surface area contributed by atoms with E-state index in [4.69, 9.17) is 9.47 Å². The number of ether oxygens (including phenoxy) is 2. The molecule has 3 rings (SSSR count). The summed E-state index contributed by atoms with van der Waals surface area (Å²) in [7, 11) is 0. The Kier molecular flexibility index (Phi) is 9.55. The lowest BCUT2D eigenvalue weighted by Gasteiger charge is -2.31. The minimum absolute atomic E-state index is 0.0813. The number of hydrogen-bond acceptors (Lipinski definition) is 6. The molecule has 0 spiro atoms. The van der Waals surface area contributed by atoms with Crippen LogP contribution >= 0.6 is 0 Å². The maximum atomic E-state index is 13.7. The number of amides is 3. The minimum atomic E-state index is -0.794. The molecule has 11 heteroatoms. The summed E-state index contributed by atoms with van der Waals surface area (Å²) in [6.07, 6.45) is 2.81. The number of morpholine rings is 1. The van der Waals surface area contributed by atoms with Gasteiger partial charge in [0.2, 0.25) is 5.91 Å². The fraction of sp³-hybridized carbons (Fsp3) is 0.545. The SMILES string of the molecule is O=C(C[C@@H]1C=C[C@@H](NC(=O)Nc2cc(F)ccc2F)[C@H](CO)O1)NCCCN1CCOCC1. The zero-order valence-corrected chi connectivity index (χ0v) is 18.3. The lowest BCUT2D eigenvalue weighted by molar-refractivity contribution is -0.125. The first-order valence-electron chi connectivity index (χ1n) is 11.0. The van der Waals surface area contributed by atoms with Gasteiger partial charge in [-0.3, -0.25) is 9.69 Å². The second-order valence-corrected chi connectivity index (χ2v) is 7.89. The van der Waals surface area contributed by atoms with E-state index in [1.807, 2.05) is 0 Å². The summed E-state index contributed by atoms with van der Waals surface area (Å²) >= 11 is 0. The molecular weight excluding hydrogens is 438 g/mol. The Morgan fingerprint density at radius 2 is 1.97 bits per heavy atom. The molecule has 2 aliphatic rings. The lowest BCUT2D eigenvalue weighted by Crippen LogP contribution is -2.50. The Morgan fingerprint density at radius 1 is 1.18 bits per heavy atom. The van der Waals surface area contributed by atoms with Crippen molar-refractivity contribution in [2.45, 2.75) is 31.1 Å². The second-order valence-electron chi connectivity index (χ2n) is 7.89. The van der Waals surface area contributed by atoms with Crippen molar-refractivity contribution in [3.63, 3.8) is 0 Å². The topological polar surface area (TPSA) is 112 Å². The molecule has 182 valence electrons. The van der Waals surface area contributed by atoms with Crippen LogP contribution in [0.25, 0.3) is 0 Å². The Hall–Kier alpha value is -2.60. The molecule has 1 aromatic rings. The molecule has 2 heterocycles. The number of aliphatic hydroxyl groups excluding tert-OH is 1. The van der Waals surface area contributed by atoms with Crippen LogP contribution in [0, 0.1) is 11.6 Å². The van der Waals surface area contributed by atoms with Crippen molar-refractivity contribution in [2.24, 2.45) is 0 Å². The molecular formula is C22H30F2N4O5. The van der Waals surface area contributed by atoms with Crippen LogP contribution in [0.1, 0.15) is 12.8 Å². The van der Waals surface area contributed by atoms with Gasteiger partial charge in [0.1, 0.15) is 17.7 Å². The quantitative estimate of drug-likeness (QED) is 0.318. The fourth-order valence-corrected chi connectivity index (χ4v) is 3.65. The molecule has 0 aliphatic carbocycles. The van der Waals surface area contributed by atoms with Gasteiger partial charge in [0, 0.05) is 25.7 Å². The van der Waals surface area contributed by atoms with Gasteiger partial charge < -0.3 is 30.5 Å². The van der Waals surface area contributed by atoms with Gasteiger partial charge in [0.15, 0.2) is 0 Å². The van der Waals surface area contributed by atoms with Gasteiger partial charge in [0.25, 0.3) is 0 Å². The number of carbonyl (C=O) groups is 2. The van der Waals surface area contributed by atoms with Crippen molar-refractivity contribution in [3.8, 4) is 0 Å². The number of carbonyl (C=O) groups excluding carboxylic acids is 2. The summed E-state index contributed by atoms with van der Waals surface area (Å²) < 4.78 is 38.0. The normalized spacial score (nSPS) is 23.2. The monoisotopic (exact) mass is 468 g/mol. The molecule has 0 saturated carbocycles. The van der Waals surface area contributed by atoms with Crippen molar-refractivity contribution in [3.05, 3.63) is 42.0 Å². The number of halogens is 2. The number of rotatable bonds is 9. The Morgan fingerprint density at radius 3 is 2.73 bits per heavy atom. The molecule has 1 saturated heterocycles. The number of anilines is 1. The van der Waals surface area contributed by atoms with Gasteiger partial charge >= 0.3 is 6.03 Å². The van der Waals surface area contributed by atoms with E-state index in [-0.39, 0.29) is 18.0 Å². The zero-order valence-electron chi connectivity index (χ0n) is 18.3. The Labute approximate surface area is 191 Å². The van der Waals surface area contributed by atoms with Gasteiger partial charge in [-0.05, 0) is 25.1 Å². The lowest BCUT2D eigenvalue weighted by atomic mass is 10.0. The summed E-state index contributed by atoms with van der Waals surface area (Å²) in [5, 5.41) is 17.3. The maximum Gasteiger partial charge on any atom is 0.319 e. The van der Waals surface area contributed by atoms with E-state index in [0.29, 0.717) is 6.54 Å². The number of aliphatic hydroxyl groups is 1. The molecule has 0 bridgehead atoms. The number of nitrogens with zero attached hydrogens (tertiary/aromatic N) is 1. The second kappa shape index (κ2) is 12.6. The van der Waals surface area contributed by atoms with Crippen LogP contribution in [-0.2, 0) is 14.3 Å². The van der Waals surface area contributed by atoms with Gasteiger partial charge in [-0.25, -0.2) is 13.6 Å². The van der Waals surface area contributed by atoms with E-state index in [0.717, 1.165) is 57.5 Å². The summed E-state index contributed by atoms with van der Waals surface area (Å²) in [6.45, 7) is 4.33. The first-order valence-corrected chi connectivity index (χ1v) is 11.0. The molecule has 2 aliphatic heterocycles. The molecule has 3 amide bonds. The van der Waals surface area contributed by atoms with Crippen LogP contribution in [0.2, 0.25) is 0 Å². The molecule has 9 nitrogen and oxygen atoms in total. The molecule has 1 fully saturated rings. The highest BCUT2D eigenvalue weighted by molar-refractivity contribution is 5.89. The first kappa shape index (κ1) is 25.0. The van der Waals surface area contributed by atoms with Gasteiger partial charge in [-0.2, -0.15) is 0 Å². The van der Waals surface area contributed by atoms with E-state index in [9.17, 15) is 23.5 Å². The van der Waals surface area contributed by atoms with Crippen molar-refractivity contribution in [1.82, 2.24) is 15.5 Å². The predicted octanol–water partition coefficient (Wildman–Crippen LogP) is 0.999. The fourth-order valence-electron chi connectivity index (χ4n) is 3.65. The highest BCUT2D eigenvalue weighted by Crippen LogP contribution is 2.18. The minimum Gasteiger partial charge on any atom is -0.394 e. The third-order valence-corrected chi connectivity index (χ3v) is 5.40. The van der Waals surface area contributed by atoms with Gasteiger partial charge in [0.05, 0.1) is 44.1 Å². The highest BCUT2D eigenvalue weighted by Gasteiger charge is 2.29. The molecule has 0 radical (unpaired) electrons. The van der Waals surface area contributed by atoms with E-state index >= 15 is 0 Å². The smallest absolute Gasteiger partial charge is 0.319 e. The number of nitrogens with one attached hydrogen (secondary N) is 3. The third-order valence-electron chi connectivity index (χ3n) is 5.40. The average Bonchev–Trinajstić information content (AvgIpc) is 2.81. The van der Waals surface area contributed by atoms with E-state index in [2.05, 4.69) is 20.9 Å². The van der Waals surface area contributed by atoms with E-state index in [1.54, 1.807) is 12.2 Å². The molecule has 1 aromatic carbocycles. The molecule has 3 atom stereocenters. The van der Waals surface area contributed by atoms with Crippen LogP contribution in [0.15, 0.2) is 30.4 Å². The van der Waals surface area contributed by atoms with Crippen molar-refractivity contribution < 1.29 is 33.0 Å². The van der Waals surface area contributed by atoms with Crippen LogP contribution in [0.3, 0.4) is 0 Å². The van der Waals surface area contributed by atoms with E-state index in [1.165, 1.54) is 0 Å². The standard InChI is InChI=1S/C22H30F2N4O5/c23-15-2-4-17(24)19(12-15)27-22(31)26-18-5-3-16(33-20(18)14-29)13-21(30)25-6-1-7-28-8-10-32-11-9-28/h2-5,12,16,18,20,29H,1,6-11,13-14H2,(H,25,30)(H2,26,27,31)/t16-,18+,20-/m0/s1. The maximum absolute atomic E-state index is 13.7. The largest absolute Gasteiger partial charge is 0.394 e. The van der Waals surface area contributed by atoms with Crippen LogP contribution in [-0.4, -0.2) is 86.2 Å². The van der Waals surface area contributed by atoms with Crippen LogP contribution in [0.5, 0.6) is 0 Å². The van der Waals surface area contributed by atoms with Crippen LogP contribution < -0.4 is 16.0 Å². The zero-order chi connectivity index (χ0) is 23.6. The molecule has 4 N–H and O–H groups in total.